The number of hydrogen-bond donors (Lipinski definition) is 0. The molecule has 0 atom stereocenters. The van der Waals surface area contributed by atoms with Crippen LogP contribution in [0.4, 0.5) is 5.69 Å². The minimum Gasteiger partial charge on any atom is -0.308 e. The number of aromatic nitrogens is 1. The number of hydrogen-bond acceptors (Lipinski definition) is 4. The van der Waals surface area contributed by atoms with Crippen molar-refractivity contribution in [1.82, 2.24) is 4.57 Å². The molecule has 0 spiro atoms. The first kappa shape index (κ1) is 13.7. The molecule has 0 saturated carbocycles. The monoisotopic (exact) mass is 272 g/mol. The van der Waals surface area contributed by atoms with Crippen molar-refractivity contribution in [3.8, 4) is 11.3 Å². The maximum absolute atomic E-state index is 12.0. The number of nitrogens with zero attached hydrogens (tertiary/aromatic N) is 2. The Morgan fingerprint density at radius 3 is 2.65 bits per heavy atom. The van der Waals surface area contributed by atoms with Gasteiger partial charge in [-0.1, -0.05) is 12.1 Å². The minimum absolute atomic E-state index is 0.0444. The molecule has 0 fully saturated rings. The Labute approximate surface area is 114 Å². The van der Waals surface area contributed by atoms with Crippen LogP contribution < -0.4 is 5.56 Å². The maximum Gasteiger partial charge on any atom is 0.270 e. The van der Waals surface area contributed by atoms with E-state index >= 15 is 0 Å². The highest BCUT2D eigenvalue weighted by molar-refractivity contribution is 5.75. The van der Waals surface area contributed by atoms with E-state index in [0.717, 1.165) is 0 Å². The molecule has 0 aliphatic rings. The third-order valence-electron chi connectivity index (χ3n) is 3.00. The van der Waals surface area contributed by atoms with Crippen molar-refractivity contribution in [2.45, 2.75) is 13.5 Å². The van der Waals surface area contributed by atoms with Gasteiger partial charge in [-0.3, -0.25) is 19.7 Å². The zero-order valence-corrected chi connectivity index (χ0v) is 10.8. The summed E-state index contributed by atoms with van der Waals surface area (Å²) >= 11 is 0. The Hall–Kier alpha value is -2.76. The molecule has 0 bridgehead atoms. The molecule has 1 heterocycles. The highest BCUT2D eigenvalue weighted by atomic mass is 16.6. The van der Waals surface area contributed by atoms with E-state index in [4.69, 9.17) is 0 Å². The number of aldehydes is 1. The van der Waals surface area contributed by atoms with E-state index in [1.54, 1.807) is 25.1 Å². The van der Waals surface area contributed by atoms with Gasteiger partial charge >= 0.3 is 0 Å². The molecule has 2 rings (SSSR count). The second kappa shape index (κ2) is 5.48. The second-order valence-corrected chi connectivity index (χ2v) is 4.15. The smallest absolute Gasteiger partial charge is 0.270 e. The van der Waals surface area contributed by atoms with E-state index in [1.807, 2.05) is 0 Å². The second-order valence-electron chi connectivity index (χ2n) is 4.15. The number of carbonyl (C=O) groups excluding carboxylic acids is 1. The number of rotatable bonds is 4. The Kier molecular flexibility index (Phi) is 3.74. The van der Waals surface area contributed by atoms with Crippen LogP contribution in [-0.2, 0) is 6.54 Å². The summed E-state index contributed by atoms with van der Waals surface area (Å²) in [5, 5.41) is 10.8. The topological polar surface area (TPSA) is 82.2 Å². The fourth-order valence-corrected chi connectivity index (χ4v) is 2.03. The molecule has 2 aromatic rings. The number of benzene rings is 1. The molecule has 0 aliphatic carbocycles. The summed E-state index contributed by atoms with van der Waals surface area (Å²) in [6.45, 7) is 2.15. The van der Waals surface area contributed by atoms with Crippen molar-refractivity contribution in [1.29, 1.82) is 0 Å². The van der Waals surface area contributed by atoms with Crippen LogP contribution in [0.3, 0.4) is 0 Å². The summed E-state index contributed by atoms with van der Waals surface area (Å²) < 4.78 is 1.42. The predicted octanol–water partition coefficient (Wildman–Crippen LogP) is 2.26. The van der Waals surface area contributed by atoms with E-state index in [1.165, 1.54) is 22.8 Å². The first-order valence-electron chi connectivity index (χ1n) is 6.02. The molecule has 20 heavy (non-hydrogen) atoms. The number of carbonyl (C=O) groups is 1. The van der Waals surface area contributed by atoms with Gasteiger partial charge in [-0.05, 0) is 19.1 Å². The van der Waals surface area contributed by atoms with Crippen molar-refractivity contribution in [3.63, 3.8) is 0 Å². The molecule has 6 heteroatoms. The molecule has 0 N–H and O–H groups in total. The third-order valence-corrected chi connectivity index (χ3v) is 3.00. The highest BCUT2D eigenvalue weighted by Crippen LogP contribution is 2.23. The Morgan fingerprint density at radius 2 is 2.05 bits per heavy atom. The maximum atomic E-state index is 12.0. The molecule has 102 valence electrons. The SMILES string of the molecule is CCn1c(-c2cccc([N+](=O)[O-])c2)ccc(C=O)c1=O. The summed E-state index contributed by atoms with van der Waals surface area (Å²) in [6, 6.07) is 9.09. The third kappa shape index (κ3) is 2.35. The average Bonchev–Trinajstić information content (AvgIpc) is 2.47. The molecule has 6 nitrogen and oxygen atoms in total. The normalized spacial score (nSPS) is 10.2. The zero-order valence-electron chi connectivity index (χ0n) is 10.8. The molecular formula is C14H12N2O4. The van der Waals surface area contributed by atoms with Crippen LogP contribution in [0.15, 0.2) is 41.2 Å². The lowest BCUT2D eigenvalue weighted by Crippen LogP contribution is -2.24. The van der Waals surface area contributed by atoms with E-state index in [0.29, 0.717) is 24.1 Å². The molecule has 1 aromatic heterocycles. The van der Waals surface area contributed by atoms with E-state index < -0.39 is 10.5 Å². The van der Waals surface area contributed by atoms with Gasteiger partial charge in [0.25, 0.3) is 11.2 Å². The van der Waals surface area contributed by atoms with Crippen LogP contribution >= 0.6 is 0 Å². The van der Waals surface area contributed by atoms with Crippen molar-refractivity contribution >= 4 is 12.0 Å². The molecule has 0 aliphatic heterocycles. The lowest BCUT2D eigenvalue weighted by atomic mass is 10.1. The van der Waals surface area contributed by atoms with Gasteiger partial charge in [-0.2, -0.15) is 0 Å². The van der Waals surface area contributed by atoms with Crippen LogP contribution in [0, 0.1) is 10.1 Å². The van der Waals surface area contributed by atoms with E-state index in [2.05, 4.69) is 0 Å². The Bertz CT molecular complexity index is 734. The molecule has 0 radical (unpaired) electrons. The van der Waals surface area contributed by atoms with Crippen molar-refractivity contribution in [3.05, 3.63) is 62.4 Å². The summed E-state index contributed by atoms with van der Waals surface area (Å²) in [5.41, 5.74) is 0.743. The van der Waals surface area contributed by atoms with Gasteiger partial charge in [-0.25, -0.2) is 0 Å². The molecule has 0 amide bonds. The van der Waals surface area contributed by atoms with Gasteiger partial charge in [0.2, 0.25) is 0 Å². The fourth-order valence-electron chi connectivity index (χ4n) is 2.03. The van der Waals surface area contributed by atoms with Gasteiger partial charge < -0.3 is 4.57 Å². The lowest BCUT2D eigenvalue weighted by Gasteiger charge is -2.11. The van der Waals surface area contributed by atoms with Crippen LogP contribution in [0.25, 0.3) is 11.3 Å². The Morgan fingerprint density at radius 1 is 1.30 bits per heavy atom. The number of non-ortho nitro benzene ring substituents is 1. The van der Waals surface area contributed by atoms with Crippen molar-refractivity contribution < 1.29 is 9.72 Å². The Balaban J connectivity index is 2.67. The number of nitro groups is 1. The molecule has 0 saturated heterocycles. The van der Waals surface area contributed by atoms with Gasteiger partial charge in [0, 0.05) is 24.2 Å². The molecule has 0 unspecified atom stereocenters. The highest BCUT2D eigenvalue weighted by Gasteiger charge is 2.12. The summed E-state index contributed by atoms with van der Waals surface area (Å²) in [6.07, 6.45) is 0.506. The fraction of sp³-hybridized carbons (Fsp3) is 0.143. The van der Waals surface area contributed by atoms with E-state index in [9.17, 15) is 19.7 Å². The van der Waals surface area contributed by atoms with Gasteiger partial charge in [0.1, 0.15) is 0 Å². The quantitative estimate of drug-likeness (QED) is 0.485. The molecular weight excluding hydrogens is 260 g/mol. The standard InChI is InChI=1S/C14H12N2O4/c1-2-15-13(7-6-11(9-17)14(15)18)10-4-3-5-12(8-10)16(19)20/h3-9H,2H2,1H3. The van der Waals surface area contributed by atoms with Crippen LogP contribution in [0.2, 0.25) is 0 Å². The van der Waals surface area contributed by atoms with Crippen molar-refractivity contribution in [2.75, 3.05) is 0 Å². The van der Waals surface area contributed by atoms with Gasteiger partial charge in [0.05, 0.1) is 16.2 Å². The van der Waals surface area contributed by atoms with Crippen LogP contribution in [0.1, 0.15) is 17.3 Å². The summed E-state index contributed by atoms with van der Waals surface area (Å²) in [7, 11) is 0. The van der Waals surface area contributed by atoms with Gasteiger partial charge in [0.15, 0.2) is 6.29 Å². The van der Waals surface area contributed by atoms with Crippen LogP contribution in [0.5, 0.6) is 0 Å². The summed E-state index contributed by atoms with van der Waals surface area (Å²) in [4.78, 5) is 33.1. The van der Waals surface area contributed by atoms with E-state index in [-0.39, 0.29) is 11.3 Å². The van der Waals surface area contributed by atoms with Crippen LogP contribution in [-0.4, -0.2) is 15.8 Å². The van der Waals surface area contributed by atoms with Crippen molar-refractivity contribution in [2.24, 2.45) is 0 Å². The largest absolute Gasteiger partial charge is 0.308 e. The summed E-state index contributed by atoms with van der Waals surface area (Å²) in [5.74, 6) is 0. The predicted molar refractivity (Wildman–Crippen MR) is 73.9 cm³/mol. The zero-order chi connectivity index (χ0) is 14.7. The molecule has 1 aromatic carbocycles. The lowest BCUT2D eigenvalue weighted by molar-refractivity contribution is -0.384. The first-order valence-corrected chi connectivity index (χ1v) is 6.02. The van der Waals surface area contributed by atoms with Gasteiger partial charge in [-0.15, -0.1) is 0 Å². The average molecular weight is 272 g/mol. The minimum atomic E-state index is -0.488. The number of pyridine rings is 1. The number of nitro benzene ring substituents is 1. The first-order chi connectivity index (χ1) is 9.58.